The minimum Gasteiger partial charge on any atom is -0.418 e. The van der Waals surface area contributed by atoms with Crippen LogP contribution in [0.2, 0.25) is 0 Å². The molecule has 0 aromatic heterocycles. The molecule has 0 spiro atoms. The average molecular weight is 508 g/mol. The molecular formula is C27H26O6P2. The first-order valence-electron chi connectivity index (χ1n) is 11.0. The highest BCUT2D eigenvalue weighted by atomic mass is 31.1. The maximum absolute atomic E-state index is 12.2. The first-order valence-corrected chi connectivity index (χ1v) is 13.5. The molecule has 6 nitrogen and oxygen atoms in total. The molecule has 0 amide bonds. The Balaban J connectivity index is 1.36. The smallest absolute Gasteiger partial charge is 0.418 e. The molecule has 2 atom stereocenters. The van der Waals surface area contributed by atoms with Gasteiger partial charge in [0, 0.05) is 5.41 Å². The van der Waals surface area contributed by atoms with E-state index in [0.29, 0.717) is 23.0 Å². The molecule has 0 saturated carbocycles. The Kier molecular flexibility index (Phi) is 7.97. The molecule has 8 heteroatoms. The van der Waals surface area contributed by atoms with Gasteiger partial charge in [-0.05, 0) is 59.7 Å². The normalized spacial score (nSPS) is 12.9. The van der Waals surface area contributed by atoms with Gasteiger partial charge in [-0.3, -0.25) is 0 Å². The lowest BCUT2D eigenvalue weighted by Gasteiger charge is -2.26. The van der Waals surface area contributed by atoms with E-state index in [9.17, 15) is 9.13 Å². The van der Waals surface area contributed by atoms with Crippen LogP contribution in [0.1, 0.15) is 25.0 Å². The van der Waals surface area contributed by atoms with Crippen molar-refractivity contribution in [1.82, 2.24) is 0 Å². The van der Waals surface area contributed by atoms with Crippen molar-refractivity contribution >= 4 is 16.5 Å². The fourth-order valence-electron chi connectivity index (χ4n) is 3.45. The molecular weight excluding hydrogens is 482 g/mol. The number of rotatable bonds is 10. The van der Waals surface area contributed by atoms with Gasteiger partial charge in [0.2, 0.25) is 0 Å². The predicted octanol–water partition coefficient (Wildman–Crippen LogP) is 7.71. The second kappa shape index (κ2) is 11.3. The van der Waals surface area contributed by atoms with E-state index >= 15 is 0 Å². The van der Waals surface area contributed by atoms with Crippen LogP contribution in [0.15, 0.2) is 109 Å². The van der Waals surface area contributed by atoms with Crippen LogP contribution in [0.4, 0.5) is 0 Å². The molecule has 4 aromatic rings. The average Bonchev–Trinajstić information content (AvgIpc) is 2.86. The standard InChI is InChI=1S/C27H26O6P2/c1-27(2,21-13-17-25(18-14-21)32-34(28)30-23-9-5-3-6-10-23)22-15-19-26(20-16-22)33-35(29)31-24-11-7-4-8-12-24/h3-20,34-35H,1-2H3. The molecule has 180 valence electrons. The molecule has 0 aliphatic heterocycles. The lowest BCUT2D eigenvalue weighted by molar-refractivity contribution is 0.414. The fraction of sp³-hybridized carbons (Fsp3) is 0.111. The Morgan fingerprint density at radius 3 is 1.06 bits per heavy atom. The molecule has 0 bridgehead atoms. The van der Waals surface area contributed by atoms with Gasteiger partial charge in [0.25, 0.3) is 0 Å². The summed E-state index contributed by atoms with van der Waals surface area (Å²) < 4.78 is 46.0. The zero-order chi connectivity index (χ0) is 24.7. The molecule has 35 heavy (non-hydrogen) atoms. The van der Waals surface area contributed by atoms with Gasteiger partial charge in [-0.15, -0.1) is 0 Å². The summed E-state index contributed by atoms with van der Waals surface area (Å²) in [6.45, 7) is 4.20. The minimum atomic E-state index is -2.73. The van der Waals surface area contributed by atoms with Crippen LogP contribution in [0.3, 0.4) is 0 Å². The maximum Gasteiger partial charge on any atom is 0.418 e. The first-order chi connectivity index (χ1) is 16.9. The number of hydrogen-bond acceptors (Lipinski definition) is 6. The molecule has 0 heterocycles. The van der Waals surface area contributed by atoms with Crippen molar-refractivity contribution in [2.75, 3.05) is 0 Å². The monoisotopic (exact) mass is 508 g/mol. The Hall–Kier alpha value is -3.46. The highest BCUT2D eigenvalue weighted by Crippen LogP contribution is 2.37. The van der Waals surface area contributed by atoms with Crippen molar-refractivity contribution in [3.8, 4) is 23.0 Å². The fourth-order valence-corrected chi connectivity index (χ4v) is 4.85. The lowest BCUT2D eigenvalue weighted by atomic mass is 9.78. The second-order valence-electron chi connectivity index (χ2n) is 8.21. The predicted molar refractivity (Wildman–Crippen MR) is 138 cm³/mol. The summed E-state index contributed by atoms with van der Waals surface area (Å²) in [6.07, 6.45) is 0. The lowest BCUT2D eigenvalue weighted by Crippen LogP contribution is -2.18. The molecule has 2 unspecified atom stereocenters. The number of hydrogen-bond donors (Lipinski definition) is 0. The van der Waals surface area contributed by atoms with E-state index in [1.807, 2.05) is 36.4 Å². The summed E-state index contributed by atoms with van der Waals surface area (Å²) in [5.74, 6) is 1.94. The van der Waals surface area contributed by atoms with Gasteiger partial charge in [-0.25, -0.2) is 9.13 Å². The molecule has 0 aliphatic carbocycles. The SMILES string of the molecule is CC(C)(c1ccc(O[PH](=O)Oc2ccccc2)cc1)c1ccc(O[PH](=O)Oc2ccccc2)cc1. The van der Waals surface area contributed by atoms with Crippen molar-refractivity contribution in [3.05, 3.63) is 120 Å². The molecule has 4 rings (SSSR count). The topological polar surface area (TPSA) is 71.1 Å². The summed E-state index contributed by atoms with van der Waals surface area (Å²) in [5.41, 5.74) is 1.76. The molecule has 0 N–H and O–H groups in total. The van der Waals surface area contributed by atoms with E-state index in [4.69, 9.17) is 18.1 Å². The minimum absolute atomic E-state index is 0.325. The van der Waals surface area contributed by atoms with Crippen molar-refractivity contribution in [2.24, 2.45) is 0 Å². The summed E-state index contributed by atoms with van der Waals surface area (Å²) in [7, 11) is -5.45. The summed E-state index contributed by atoms with van der Waals surface area (Å²) in [5, 5.41) is 0. The summed E-state index contributed by atoms with van der Waals surface area (Å²) >= 11 is 0. The molecule has 0 fully saturated rings. The number of benzene rings is 4. The highest BCUT2D eigenvalue weighted by Gasteiger charge is 2.23. The Bertz CT molecular complexity index is 1170. The third-order valence-corrected chi connectivity index (χ3v) is 7.05. The van der Waals surface area contributed by atoms with Crippen molar-refractivity contribution < 1.29 is 27.2 Å². The van der Waals surface area contributed by atoms with E-state index in [1.54, 1.807) is 72.8 Å². The van der Waals surface area contributed by atoms with Gasteiger partial charge in [0.15, 0.2) is 0 Å². The van der Waals surface area contributed by atoms with Crippen LogP contribution in [-0.4, -0.2) is 0 Å². The van der Waals surface area contributed by atoms with Gasteiger partial charge in [0.1, 0.15) is 23.0 Å². The van der Waals surface area contributed by atoms with Crippen molar-refractivity contribution in [3.63, 3.8) is 0 Å². The van der Waals surface area contributed by atoms with Crippen LogP contribution in [0.25, 0.3) is 0 Å². The largest absolute Gasteiger partial charge is 0.418 e. The third-order valence-electron chi connectivity index (χ3n) is 5.44. The van der Waals surface area contributed by atoms with Crippen molar-refractivity contribution in [1.29, 1.82) is 0 Å². The Morgan fingerprint density at radius 1 is 0.457 bits per heavy atom. The van der Waals surface area contributed by atoms with Gasteiger partial charge in [0.05, 0.1) is 0 Å². The van der Waals surface area contributed by atoms with Crippen LogP contribution < -0.4 is 18.1 Å². The molecule has 4 aromatic carbocycles. The maximum atomic E-state index is 12.2. The van der Waals surface area contributed by atoms with Gasteiger partial charge >= 0.3 is 16.5 Å². The molecule has 0 saturated heterocycles. The quantitative estimate of drug-likeness (QED) is 0.204. The number of para-hydroxylation sites is 2. The van der Waals surface area contributed by atoms with Crippen LogP contribution >= 0.6 is 16.5 Å². The van der Waals surface area contributed by atoms with Crippen LogP contribution in [-0.2, 0) is 14.5 Å². The highest BCUT2D eigenvalue weighted by molar-refractivity contribution is 7.34. The van der Waals surface area contributed by atoms with Gasteiger partial charge in [-0.1, -0.05) is 74.5 Å². The van der Waals surface area contributed by atoms with Crippen molar-refractivity contribution in [2.45, 2.75) is 19.3 Å². The first kappa shape index (κ1) is 24.7. The van der Waals surface area contributed by atoms with E-state index in [1.165, 1.54) is 0 Å². The third kappa shape index (κ3) is 6.79. The Morgan fingerprint density at radius 2 is 0.743 bits per heavy atom. The zero-order valence-electron chi connectivity index (χ0n) is 19.3. The zero-order valence-corrected chi connectivity index (χ0v) is 21.3. The van der Waals surface area contributed by atoms with Crippen LogP contribution in [0, 0.1) is 0 Å². The van der Waals surface area contributed by atoms with E-state index in [-0.39, 0.29) is 5.41 Å². The summed E-state index contributed by atoms with van der Waals surface area (Å²) in [4.78, 5) is 0. The summed E-state index contributed by atoms with van der Waals surface area (Å²) in [6, 6.07) is 32.7. The van der Waals surface area contributed by atoms with E-state index in [0.717, 1.165) is 11.1 Å². The van der Waals surface area contributed by atoms with Gasteiger partial charge in [-0.2, -0.15) is 0 Å². The Labute approximate surface area is 206 Å². The van der Waals surface area contributed by atoms with E-state index < -0.39 is 16.5 Å². The van der Waals surface area contributed by atoms with E-state index in [2.05, 4.69) is 13.8 Å². The van der Waals surface area contributed by atoms with Crippen LogP contribution in [0.5, 0.6) is 23.0 Å². The molecule has 0 aliphatic rings. The molecule has 0 radical (unpaired) electrons. The van der Waals surface area contributed by atoms with Gasteiger partial charge < -0.3 is 18.1 Å². The second-order valence-corrected chi connectivity index (χ2v) is 10.0.